The normalized spacial score (nSPS) is 14.7. The van der Waals surface area contributed by atoms with Gasteiger partial charge in [0.15, 0.2) is 23.0 Å². The standard InChI is InChI=1S/C25H25NO4/c1-2-4-18(5-3-1)12-21(20-7-9-23-25(14-20)30-17-28-23)10-11-26-15-19-6-8-22-24(13-19)29-16-27-22/h1-9,13-14,21,26H,10-12,15-17H2/p+1. The highest BCUT2D eigenvalue weighted by Gasteiger charge is 2.19. The molecule has 2 heterocycles. The van der Waals surface area contributed by atoms with E-state index in [1.165, 1.54) is 16.7 Å². The van der Waals surface area contributed by atoms with E-state index < -0.39 is 0 Å². The van der Waals surface area contributed by atoms with Crippen molar-refractivity contribution in [1.82, 2.24) is 0 Å². The van der Waals surface area contributed by atoms with Crippen LogP contribution in [0.1, 0.15) is 29.0 Å². The maximum absolute atomic E-state index is 5.61. The largest absolute Gasteiger partial charge is 0.454 e. The van der Waals surface area contributed by atoms with Crippen molar-refractivity contribution in [2.45, 2.75) is 25.3 Å². The first kappa shape index (κ1) is 18.8. The Labute approximate surface area is 176 Å². The molecule has 5 rings (SSSR count). The van der Waals surface area contributed by atoms with Gasteiger partial charge in [-0.3, -0.25) is 0 Å². The van der Waals surface area contributed by atoms with Gasteiger partial charge >= 0.3 is 0 Å². The fraction of sp³-hybridized carbons (Fsp3) is 0.280. The molecule has 3 aromatic carbocycles. The predicted octanol–water partition coefficient (Wildman–Crippen LogP) is 3.62. The molecular weight excluding hydrogens is 378 g/mol. The summed E-state index contributed by atoms with van der Waals surface area (Å²) in [5, 5.41) is 2.36. The molecule has 0 spiro atoms. The Balaban J connectivity index is 1.24. The molecule has 2 N–H and O–H groups in total. The maximum Gasteiger partial charge on any atom is 0.231 e. The Kier molecular flexibility index (Phi) is 5.44. The summed E-state index contributed by atoms with van der Waals surface area (Å²) in [4.78, 5) is 0. The number of ether oxygens (including phenoxy) is 4. The van der Waals surface area contributed by atoms with Gasteiger partial charge in [0.25, 0.3) is 0 Å². The lowest BCUT2D eigenvalue weighted by atomic mass is 9.89. The Morgan fingerprint density at radius 3 is 2.20 bits per heavy atom. The van der Waals surface area contributed by atoms with E-state index >= 15 is 0 Å². The van der Waals surface area contributed by atoms with Crippen molar-refractivity contribution in [3.8, 4) is 23.0 Å². The summed E-state index contributed by atoms with van der Waals surface area (Å²) in [5.74, 6) is 3.81. The van der Waals surface area contributed by atoms with Crippen LogP contribution < -0.4 is 24.3 Å². The number of nitrogens with two attached hydrogens (primary N) is 1. The first-order valence-electron chi connectivity index (χ1n) is 10.5. The first-order chi connectivity index (χ1) is 14.8. The summed E-state index contributed by atoms with van der Waals surface area (Å²) in [6, 6.07) is 23.2. The Hall–Kier alpha value is -3.18. The molecule has 0 aliphatic carbocycles. The Morgan fingerprint density at radius 2 is 1.40 bits per heavy atom. The van der Waals surface area contributed by atoms with Gasteiger partial charge < -0.3 is 24.3 Å². The third kappa shape index (κ3) is 4.21. The minimum absolute atomic E-state index is 0.311. The molecule has 0 aromatic heterocycles. The number of quaternary nitrogens is 1. The van der Waals surface area contributed by atoms with Gasteiger partial charge in [-0.2, -0.15) is 0 Å². The van der Waals surface area contributed by atoms with Crippen LogP contribution in [-0.2, 0) is 13.0 Å². The smallest absolute Gasteiger partial charge is 0.231 e. The number of benzene rings is 3. The highest BCUT2D eigenvalue weighted by molar-refractivity contribution is 5.46. The van der Waals surface area contributed by atoms with Crippen molar-refractivity contribution in [3.05, 3.63) is 83.4 Å². The number of fused-ring (bicyclic) bond motifs is 2. The van der Waals surface area contributed by atoms with Crippen LogP contribution in [-0.4, -0.2) is 20.1 Å². The molecule has 0 saturated heterocycles. The first-order valence-corrected chi connectivity index (χ1v) is 10.5. The molecule has 2 aliphatic heterocycles. The van der Waals surface area contributed by atoms with Gasteiger partial charge in [-0.15, -0.1) is 0 Å². The third-order valence-corrected chi connectivity index (χ3v) is 5.73. The van der Waals surface area contributed by atoms with E-state index in [1.54, 1.807) is 0 Å². The summed E-state index contributed by atoms with van der Waals surface area (Å²) < 4.78 is 22.0. The minimum Gasteiger partial charge on any atom is -0.454 e. The van der Waals surface area contributed by atoms with E-state index in [0.717, 1.165) is 48.9 Å². The van der Waals surface area contributed by atoms with Crippen LogP contribution in [0.25, 0.3) is 0 Å². The number of hydrogen-bond acceptors (Lipinski definition) is 4. The molecule has 5 nitrogen and oxygen atoms in total. The van der Waals surface area contributed by atoms with E-state index in [2.05, 4.69) is 59.9 Å². The van der Waals surface area contributed by atoms with E-state index in [-0.39, 0.29) is 0 Å². The monoisotopic (exact) mass is 404 g/mol. The van der Waals surface area contributed by atoms with Crippen molar-refractivity contribution >= 4 is 0 Å². The maximum atomic E-state index is 5.61. The van der Waals surface area contributed by atoms with Gasteiger partial charge in [0, 0.05) is 12.0 Å². The highest BCUT2D eigenvalue weighted by atomic mass is 16.7. The molecule has 0 radical (unpaired) electrons. The van der Waals surface area contributed by atoms with Crippen molar-refractivity contribution in [1.29, 1.82) is 0 Å². The van der Waals surface area contributed by atoms with E-state index in [9.17, 15) is 0 Å². The van der Waals surface area contributed by atoms with Gasteiger partial charge in [-0.25, -0.2) is 0 Å². The lowest BCUT2D eigenvalue weighted by Gasteiger charge is -2.17. The van der Waals surface area contributed by atoms with Crippen molar-refractivity contribution in [2.75, 3.05) is 20.1 Å². The van der Waals surface area contributed by atoms with Crippen LogP contribution in [0.15, 0.2) is 66.7 Å². The number of hydrogen-bond donors (Lipinski definition) is 1. The van der Waals surface area contributed by atoms with Crippen molar-refractivity contribution in [3.63, 3.8) is 0 Å². The lowest BCUT2D eigenvalue weighted by Crippen LogP contribution is -2.82. The second-order valence-electron chi connectivity index (χ2n) is 7.76. The molecular formula is C25H26NO4+. The molecule has 5 heteroatoms. The second kappa shape index (κ2) is 8.67. The Morgan fingerprint density at radius 1 is 0.700 bits per heavy atom. The molecule has 3 aromatic rings. The van der Waals surface area contributed by atoms with Gasteiger partial charge in [-0.05, 0) is 53.8 Å². The zero-order chi connectivity index (χ0) is 20.2. The predicted molar refractivity (Wildman–Crippen MR) is 113 cm³/mol. The lowest BCUT2D eigenvalue weighted by molar-refractivity contribution is -0.671. The molecule has 0 fully saturated rings. The van der Waals surface area contributed by atoms with Gasteiger partial charge in [0.1, 0.15) is 6.54 Å². The average molecular weight is 404 g/mol. The fourth-order valence-electron chi connectivity index (χ4n) is 4.11. The van der Waals surface area contributed by atoms with Crippen LogP contribution in [0.3, 0.4) is 0 Å². The van der Waals surface area contributed by atoms with Gasteiger partial charge in [0.2, 0.25) is 13.6 Å². The van der Waals surface area contributed by atoms with E-state index in [1.807, 2.05) is 12.1 Å². The number of rotatable bonds is 8. The van der Waals surface area contributed by atoms with Crippen LogP contribution >= 0.6 is 0 Å². The van der Waals surface area contributed by atoms with Crippen LogP contribution in [0.5, 0.6) is 23.0 Å². The topological polar surface area (TPSA) is 53.5 Å². The fourth-order valence-corrected chi connectivity index (χ4v) is 4.11. The zero-order valence-corrected chi connectivity index (χ0v) is 16.9. The van der Waals surface area contributed by atoms with Crippen molar-refractivity contribution in [2.24, 2.45) is 0 Å². The Bertz CT molecular complexity index is 1010. The minimum atomic E-state index is 0.311. The SMILES string of the molecule is c1ccc(CC(CC[NH2+]Cc2ccc3c(c2)OCO3)c2ccc3c(c2)OCO3)cc1. The second-order valence-corrected chi connectivity index (χ2v) is 7.76. The quantitative estimate of drug-likeness (QED) is 0.583. The molecule has 154 valence electrons. The summed E-state index contributed by atoms with van der Waals surface area (Å²) in [5.41, 5.74) is 3.91. The molecule has 1 unspecified atom stereocenters. The van der Waals surface area contributed by atoms with Gasteiger partial charge in [-0.1, -0.05) is 36.4 Å². The zero-order valence-electron chi connectivity index (χ0n) is 16.9. The van der Waals surface area contributed by atoms with Crippen LogP contribution in [0.4, 0.5) is 0 Å². The van der Waals surface area contributed by atoms with Crippen LogP contribution in [0, 0.1) is 0 Å². The van der Waals surface area contributed by atoms with E-state index in [0.29, 0.717) is 19.5 Å². The summed E-state index contributed by atoms with van der Waals surface area (Å²) in [7, 11) is 0. The summed E-state index contributed by atoms with van der Waals surface area (Å²) in [6.45, 7) is 2.60. The molecule has 30 heavy (non-hydrogen) atoms. The van der Waals surface area contributed by atoms with Gasteiger partial charge in [0.05, 0.1) is 6.54 Å². The highest BCUT2D eigenvalue weighted by Crippen LogP contribution is 2.36. The van der Waals surface area contributed by atoms with Crippen LogP contribution in [0.2, 0.25) is 0 Å². The van der Waals surface area contributed by atoms with Crippen molar-refractivity contribution < 1.29 is 24.3 Å². The third-order valence-electron chi connectivity index (χ3n) is 5.73. The molecule has 0 bridgehead atoms. The average Bonchev–Trinajstić information content (AvgIpc) is 3.44. The molecule has 2 aliphatic rings. The van der Waals surface area contributed by atoms with E-state index in [4.69, 9.17) is 18.9 Å². The molecule has 0 amide bonds. The summed E-state index contributed by atoms with van der Waals surface area (Å²) in [6.07, 6.45) is 2.09. The molecule has 1 atom stereocenters. The summed E-state index contributed by atoms with van der Waals surface area (Å²) >= 11 is 0. The molecule has 0 saturated carbocycles.